The minimum atomic E-state index is -0.601. The zero-order chi connectivity index (χ0) is 19.6. The number of benzene rings is 1. The van der Waals surface area contributed by atoms with Gasteiger partial charge in [-0.15, -0.1) is 0 Å². The highest BCUT2D eigenvalue weighted by Crippen LogP contribution is 2.30. The summed E-state index contributed by atoms with van der Waals surface area (Å²) < 4.78 is 10.5. The average Bonchev–Trinajstić information content (AvgIpc) is 3.21. The zero-order valence-electron chi connectivity index (χ0n) is 16.0. The highest BCUT2D eigenvalue weighted by molar-refractivity contribution is 5.93. The molecular formula is C20H26N2O5. The molecule has 7 heteroatoms. The molecule has 2 atom stereocenters. The Morgan fingerprint density at radius 1 is 1.22 bits per heavy atom. The van der Waals surface area contributed by atoms with Gasteiger partial charge in [-0.1, -0.05) is 30.3 Å². The van der Waals surface area contributed by atoms with Gasteiger partial charge in [-0.05, 0) is 38.7 Å². The van der Waals surface area contributed by atoms with E-state index in [4.69, 9.17) is 9.47 Å². The molecule has 2 saturated heterocycles. The number of amides is 3. The summed E-state index contributed by atoms with van der Waals surface area (Å²) in [6, 6.07) is 9.00. The van der Waals surface area contributed by atoms with Gasteiger partial charge >= 0.3 is 12.2 Å². The Morgan fingerprint density at radius 3 is 2.59 bits per heavy atom. The first-order valence-corrected chi connectivity index (χ1v) is 9.26. The van der Waals surface area contributed by atoms with E-state index in [-0.39, 0.29) is 30.9 Å². The van der Waals surface area contributed by atoms with Crippen LogP contribution in [0, 0.1) is 5.92 Å². The molecule has 146 valence electrons. The third-order valence-corrected chi connectivity index (χ3v) is 4.73. The number of nitrogens with zero attached hydrogens (tertiary/aromatic N) is 2. The number of likely N-dealkylation sites (tertiary alicyclic amines) is 1. The molecule has 0 aliphatic carbocycles. The van der Waals surface area contributed by atoms with Gasteiger partial charge in [-0.3, -0.25) is 4.79 Å². The van der Waals surface area contributed by atoms with Crippen LogP contribution in [0.2, 0.25) is 0 Å². The highest BCUT2D eigenvalue weighted by Gasteiger charge is 2.40. The van der Waals surface area contributed by atoms with Gasteiger partial charge < -0.3 is 14.4 Å². The fraction of sp³-hybridized carbons (Fsp3) is 0.550. The van der Waals surface area contributed by atoms with Crippen molar-refractivity contribution in [2.75, 3.05) is 19.7 Å². The van der Waals surface area contributed by atoms with E-state index in [1.807, 2.05) is 51.1 Å². The van der Waals surface area contributed by atoms with Crippen LogP contribution in [-0.2, 0) is 14.3 Å². The van der Waals surface area contributed by atoms with Gasteiger partial charge in [0, 0.05) is 19.5 Å². The number of ether oxygens (including phenoxy) is 2. The van der Waals surface area contributed by atoms with Gasteiger partial charge in [0.25, 0.3) is 0 Å². The third-order valence-electron chi connectivity index (χ3n) is 4.73. The smallest absolute Gasteiger partial charge is 0.417 e. The summed E-state index contributed by atoms with van der Waals surface area (Å²) in [6.45, 7) is 6.66. The topological polar surface area (TPSA) is 76.2 Å². The summed E-state index contributed by atoms with van der Waals surface area (Å²) in [5.74, 6) is -0.253. The predicted octanol–water partition coefficient (Wildman–Crippen LogP) is 3.35. The number of rotatable bonds is 3. The van der Waals surface area contributed by atoms with Crippen molar-refractivity contribution in [2.24, 2.45) is 5.92 Å². The number of carbonyl (C=O) groups is 3. The van der Waals surface area contributed by atoms with Crippen LogP contribution < -0.4 is 0 Å². The number of imide groups is 1. The summed E-state index contributed by atoms with van der Waals surface area (Å²) in [6.07, 6.45) is -0.0437. The zero-order valence-corrected chi connectivity index (χ0v) is 16.0. The molecule has 0 saturated carbocycles. The fourth-order valence-corrected chi connectivity index (χ4v) is 3.45. The molecule has 3 amide bonds. The largest absolute Gasteiger partial charge is 0.446 e. The maximum absolute atomic E-state index is 12.8. The molecule has 27 heavy (non-hydrogen) atoms. The van der Waals surface area contributed by atoms with Gasteiger partial charge in [0.05, 0.1) is 0 Å². The van der Waals surface area contributed by atoms with Gasteiger partial charge in [0.2, 0.25) is 5.91 Å². The Balaban J connectivity index is 1.60. The van der Waals surface area contributed by atoms with Gasteiger partial charge in [-0.2, -0.15) is 0 Å². The minimum Gasteiger partial charge on any atom is -0.446 e. The van der Waals surface area contributed by atoms with Crippen LogP contribution in [0.1, 0.15) is 45.2 Å². The van der Waals surface area contributed by atoms with Crippen molar-refractivity contribution in [3.8, 4) is 0 Å². The Morgan fingerprint density at radius 2 is 1.93 bits per heavy atom. The van der Waals surface area contributed by atoms with Gasteiger partial charge in [0.1, 0.15) is 18.2 Å². The van der Waals surface area contributed by atoms with E-state index in [0.29, 0.717) is 19.5 Å². The van der Waals surface area contributed by atoms with Crippen molar-refractivity contribution in [3.05, 3.63) is 35.9 Å². The monoisotopic (exact) mass is 374 g/mol. The lowest BCUT2D eigenvalue weighted by atomic mass is 10.0. The molecule has 0 bridgehead atoms. The predicted molar refractivity (Wildman–Crippen MR) is 97.9 cm³/mol. The van der Waals surface area contributed by atoms with Crippen molar-refractivity contribution in [2.45, 2.75) is 45.3 Å². The first kappa shape index (κ1) is 19.2. The van der Waals surface area contributed by atoms with E-state index < -0.39 is 17.7 Å². The second kappa shape index (κ2) is 7.58. The molecular weight excluding hydrogens is 348 g/mol. The third kappa shape index (κ3) is 4.59. The summed E-state index contributed by atoms with van der Waals surface area (Å²) in [5, 5.41) is 0. The van der Waals surface area contributed by atoms with E-state index in [1.54, 1.807) is 4.90 Å². The van der Waals surface area contributed by atoms with Gasteiger partial charge in [0.15, 0.2) is 0 Å². The second-order valence-corrected chi connectivity index (χ2v) is 8.05. The SMILES string of the molecule is CC(C)(C)OC(=O)N1CC[C@H](CC(=O)N2C(=O)OC[C@@H]2c2ccccc2)C1. The molecule has 2 heterocycles. The standard InChI is InChI=1S/C20H26N2O5/c1-20(2,3)27-18(24)21-10-9-14(12-21)11-17(23)22-16(13-26-19(22)25)15-7-5-4-6-8-15/h4-8,14,16H,9-13H2,1-3H3/t14-,16-/m1/s1. The molecule has 1 aromatic rings. The van der Waals surface area contributed by atoms with Crippen molar-refractivity contribution in [1.29, 1.82) is 0 Å². The second-order valence-electron chi connectivity index (χ2n) is 8.05. The van der Waals surface area contributed by atoms with Crippen LogP contribution >= 0.6 is 0 Å². The first-order valence-electron chi connectivity index (χ1n) is 9.26. The fourth-order valence-electron chi connectivity index (χ4n) is 3.45. The van der Waals surface area contributed by atoms with Gasteiger partial charge in [-0.25, -0.2) is 14.5 Å². The summed E-state index contributed by atoms with van der Waals surface area (Å²) in [4.78, 5) is 39.9. The van der Waals surface area contributed by atoms with Crippen LogP contribution in [0.15, 0.2) is 30.3 Å². The molecule has 0 spiro atoms. The molecule has 0 N–H and O–H groups in total. The number of hydrogen-bond acceptors (Lipinski definition) is 5. The van der Waals surface area contributed by atoms with Crippen LogP contribution in [-0.4, -0.2) is 53.2 Å². The molecule has 3 rings (SSSR count). The summed E-state index contributed by atoms with van der Waals surface area (Å²) in [5.41, 5.74) is 0.325. The van der Waals surface area contributed by atoms with E-state index >= 15 is 0 Å². The van der Waals surface area contributed by atoms with Crippen molar-refractivity contribution in [1.82, 2.24) is 9.80 Å². The molecule has 0 radical (unpaired) electrons. The molecule has 2 aliphatic heterocycles. The number of cyclic esters (lactones) is 1. The van der Waals surface area contributed by atoms with Crippen LogP contribution in [0.5, 0.6) is 0 Å². The van der Waals surface area contributed by atoms with Crippen LogP contribution in [0.25, 0.3) is 0 Å². The average molecular weight is 374 g/mol. The van der Waals surface area contributed by atoms with E-state index in [9.17, 15) is 14.4 Å². The number of carbonyl (C=O) groups excluding carboxylic acids is 3. The van der Waals surface area contributed by atoms with E-state index in [2.05, 4.69) is 0 Å². The molecule has 0 unspecified atom stereocenters. The Labute approximate surface area is 159 Å². The lowest BCUT2D eigenvalue weighted by molar-refractivity contribution is -0.130. The molecule has 0 aromatic heterocycles. The van der Waals surface area contributed by atoms with Crippen molar-refractivity contribution < 1.29 is 23.9 Å². The lowest BCUT2D eigenvalue weighted by Gasteiger charge is -2.24. The van der Waals surface area contributed by atoms with Crippen LogP contribution in [0.3, 0.4) is 0 Å². The first-order chi connectivity index (χ1) is 12.7. The maximum Gasteiger partial charge on any atom is 0.417 e. The molecule has 2 aliphatic rings. The van der Waals surface area contributed by atoms with E-state index in [0.717, 1.165) is 5.56 Å². The Hall–Kier alpha value is -2.57. The maximum atomic E-state index is 12.8. The molecule has 2 fully saturated rings. The molecule has 7 nitrogen and oxygen atoms in total. The number of hydrogen-bond donors (Lipinski definition) is 0. The highest BCUT2D eigenvalue weighted by atomic mass is 16.6. The normalized spacial score (nSPS) is 22.7. The van der Waals surface area contributed by atoms with E-state index in [1.165, 1.54) is 4.90 Å². The molecule has 1 aromatic carbocycles. The minimum absolute atomic E-state index is 0.00911. The van der Waals surface area contributed by atoms with Crippen molar-refractivity contribution in [3.63, 3.8) is 0 Å². The Kier molecular flexibility index (Phi) is 5.39. The lowest BCUT2D eigenvalue weighted by Crippen LogP contribution is -2.37. The summed E-state index contributed by atoms with van der Waals surface area (Å²) in [7, 11) is 0. The van der Waals surface area contributed by atoms with Crippen LogP contribution in [0.4, 0.5) is 9.59 Å². The summed E-state index contributed by atoms with van der Waals surface area (Å²) >= 11 is 0. The van der Waals surface area contributed by atoms with Crippen molar-refractivity contribution >= 4 is 18.1 Å². The Bertz CT molecular complexity index is 713. The quantitative estimate of drug-likeness (QED) is 0.811.